The maximum atomic E-state index is 12.5. The molecule has 2 aromatic rings. The van der Waals surface area contributed by atoms with Crippen LogP contribution in [0.2, 0.25) is 0 Å². The predicted molar refractivity (Wildman–Crippen MR) is 90.8 cm³/mol. The monoisotopic (exact) mass is 325 g/mol. The van der Waals surface area contributed by atoms with Gasteiger partial charge in [0, 0.05) is 5.69 Å². The number of hydrogen-bond acceptors (Lipinski definition) is 3. The summed E-state index contributed by atoms with van der Waals surface area (Å²) in [6.45, 7) is 4.27. The second kappa shape index (κ2) is 7.55. The Balaban J connectivity index is 2.29. The number of aliphatic carboxylic acids is 1. The number of Topliss-reactive ketones (excluding diaryl/α,β-unsaturated/α-hetero) is 1. The van der Waals surface area contributed by atoms with Crippen LogP contribution in [0, 0.1) is 13.8 Å². The number of carboxylic acids is 1. The normalized spacial score (nSPS) is 10.2. The van der Waals surface area contributed by atoms with E-state index in [-0.39, 0.29) is 6.54 Å². The first-order valence-corrected chi connectivity index (χ1v) is 7.56. The van der Waals surface area contributed by atoms with E-state index in [0.717, 1.165) is 16.7 Å². The third-order valence-corrected chi connectivity index (χ3v) is 3.83. The molecule has 0 aromatic heterocycles. The van der Waals surface area contributed by atoms with Crippen LogP contribution < -0.4 is 4.90 Å². The molecule has 0 unspecified atom stereocenters. The number of ketones is 1. The van der Waals surface area contributed by atoms with E-state index in [1.807, 2.05) is 38.1 Å². The van der Waals surface area contributed by atoms with Gasteiger partial charge in [0.1, 0.15) is 0 Å². The van der Waals surface area contributed by atoms with Crippen molar-refractivity contribution in [1.29, 1.82) is 0 Å². The van der Waals surface area contributed by atoms with Gasteiger partial charge in [0.25, 0.3) is 0 Å². The molecule has 0 saturated heterocycles. The van der Waals surface area contributed by atoms with Crippen molar-refractivity contribution in [3.05, 3.63) is 65.2 Å². The highest BCUT2D eigenvalue weighted by Crippen LogP contribution is 2.19. The highest BCUT2D eigenvalue weighted by Gasteiger charge is 2.23. The number of hydrogen-bond donors (Lipinski definition) is 1. The summed E-state index contributed by atoms with van der Waals surface area (Å²) in [5, 5.41) is 8.72. The van der Waals surface area contributed by atoms with Crippen molar-refractivity contribution in [3.63, 3.8) is 0 Å². The summed E-state index contributed by atoms with van der Waals surface area (Å²) in [7, 11) is 0. The average Bonchev–Trinajstić information content (AvgIpc) is 2.56. The summed E-state index contributed by atoms with van der Waals surface area (Å²) in [5.74, 6) is -3.24. The first-order chi connectivity index (χ1) is 11.4. The van der Waals surface area contributed by atoms with Gasteiger partial charge in [-0.1, -0.05) is 36.4 Å². The van der Waals surface area contributed by atoms with E-state index in [2.05, 4.69) is 0 Å². The Morgan fingerprint density at radius 3 is 2.21 bits per heavy atom. The molecule has 0 bridgehead atoms. The van der Waals surface area contributed by atoms with Gasteiger partial charge in [-0.25, -0.2) is 4.79 Å². The fourth-order valence-electron chi connectivity index (χ4n) is 2.32. The van der Waals surface area contributed by atoms with Crippen molar-refractivity contribution >= 4 is 23.3 Å². The van der Waals surface area contributed by atoms with Gasteiger partial charge in [-0.3, -0.25) is 9.59 Å². The highest BCUT2D eigenvalue weighted by molar-refractivity contribution is 6.36. The molecule has 0 radical (unpaired) electrons. The molecule has 0 aliphatic heterocycles. The number of amides is 1. The number of anilines is 1. The maximum absolute atomic E-state index is 12.5. The van der Waals surface area contributed by atoms with E-state index in [9.17, 15) is 14.4 Å². The summed E-state index contributed by atoms with van der Waals surface area (Å²) in [6, 6.07) is 14.8. The van der Waals surface area contributed by atoms with Gasteiger partial charge in [0.2, 0.25) is 11.7 Å². The van der Waals surface area contributed by atoms with Crippen molar-refractivity contribution < 1.29 is 19.5 Å². The topological polar surface area (TPSA) is 74.7 Å². The maximum Gasteiger partial charge on any atom is 0.372 e. The number of carbonyl (C=O) groups is 3. The fourth-order valence-corrected chi connectivity index (χ4v) is 2.32. The Morgan fingerprint density at radius 2 is 1.62 bits per heavy atom. The van der Waals surface area contributed by atoms with Crippen molar-refractivity contribution in [1.82, 2.24) is 0 Å². The van der Waals surface area contributed by atoms with Crippen LogP contribution in [0.15, 0.2) is 48.5 Å². The molecule has 0 spiro atoms. The molecule has 0 saturated carbocycles. The third-order valence-electron chi connectivity index (χ3n) is 3.83. The van der Waals surface area contributed by atoms with Gasteiger partial charge in [0.05, 0.1) is 13.0 Å². The molecule has 5 nitrogen and oxygen atoms in total. The number of para-hydroxylation sites is 1. The summed E-state index contributed by atoms with van der Waals surface area (Å²) >= 11 is 0. The molecule has 0 fully saturated rings. The lowest BCUT2D eigenvalue weighted by molar-refractivity contribution is -0.150. The number of rotatable bonds is 6. The number of nitrogens with zero attached hydrogens (tertiary/aromatic N) is 1. The Bertz CT molecular complexity index is 768. The zero-order valence-electron chi connectivity index (χ0n) is 13.7. The van der Waals surface area contributed by atoms with E-state index < -0.39 is 24.1 Å². The quantitative estimate of drug-likeness (QED) is 0.654. The Kier molecular flexibility index (Phi) is 5.47. The minimum absolute atomic E-state index is 0.275. The van der Waals surface area contributed by atoms with Gasteiger partial charge in [0.15, 0.2) is 0 Å². The molecule has 124 valence electrons. The SMILES string of the molecule is Cc1ccc(CN(C(=O)CC(=O)C(=O)O)c2ccccc2)cc1C. The van der Waals surface area contributed by atoms with Crippen LogP contribution in [0.25, 0.3) is 0 Å². The first kappa shape index (κ1) is 17.4. The lowest BCUT2D eigenvalue weighted by Crippen LogP contribution is -2.33. The van der Waals surface area contributed by atoms with Crippen LogP contribution in [-0.2, 0) is 20.9 Å². The van der Waals surface area contributed by atoms with Crippen LogP contribution >= 0.6 is 0 Å². The molecule has 0 atom stereocenters. The molecule has 24 heavy (non-hydrogen) atoms. The third kappa shape index (κ3) is 4.29. The van der Waals surface area contributed by atoms with Crippen molar-refractivity contribution in [2.75, 3.05) is 4.90 Å². The Labute approximate surface area is 140 Å². The summed E-state index contributed by atoms with van der Waals surface area (Å²) in [5.41, 5.74) is 3.80. The van der Waals surface area contributed by atoms with Crippen LogP contribution in [0.5, 0.6) is 0 Å². The molecule has 1 N–H and O–H groups in total. The zero-order chi connectivity index (χ0) is 17.7. The van der Waals surface area contributed by atoms with E-state index in [1.54, 1.807) is 24.3 Å². The number of carboxylic acid groups (broad SMARTS) is 1. The standard InChI is InChI=1S/C19H19NO4/c1-13-8-9-15(10-14(13)2)12-20(16-6-4-3-5-7-16)18(22)11-17(21)19(23)24/h3-10H,11-12H2,1-2H3,(H,23,24). The molecule has 1 amide bonds. The summed E-state index contributed by atoms with van der Waals surface area (Å²) in [4.78, 5) is 36.0. The van der Waals surface area contributed by atoms with E-state index in [1.165, 1.54) is 4.90 Å². The summed E-state index contributed by atoms with van der Waals surface area (Å²) in [6.07, 6.45) is -0.658. The number of benzene rings is 2. The minimum Gasteiger partial charge on any atom is -0.475 e. The second-order valence-corrected chi connectivity index (χ2v) is 5.64. The Morgan fingerprint density at radius 1 is 0.958 bits per heavy atom. The highest BCUT2D eigenvalue weighted by atomic mass is 16.4. The lowest BCUT2D eigenvalue weighted by Gasteiger charge is -2.23. The zero-order valence-corrected chi connectivity index (χ0v) is 13.7. The second-order valence-electron chi connectivity index (χ2n) is 5.64. The number of aryl methyl sites for hydroxylation is 2. The van der Waals surface area contributed by atoms with Gasteiger partial charge < -0.3 is 10.0 Å². The molecular formula is C19H19NO4. The molecule has 0 aliphatic carbocycles. The first-order valence-electron chi connectivity index (χ1n) is 7.56. The summed E-state index contributed by atoms with van der Waals surface area (Å²) < 4.78 is 0. The number of carbonyl (C=O) groups excluding carboxylic acids is 2. The van der Waals surface area contributed by atoms with E-state index >= 15 is 0 Å². The Hall–Kier alpha value is -2.95. The molecule has 2 rings (SSSR count). The predicted octanol–water partition coefficient (Wildman–Crippen LogP) is 2.88. The largest absolute Gasteiger partial charge is 0.475 e. The van der Waals surface area contributed by atoms with Crippen LogP contribution in [0.4, 0.5) is 5.69 Å². The minimum atomic E-state index is -1.59. The van der Waals surface area contributed by atoms with Gasteiger partial charge in [-0.15, -0.1) is 0 Å². The molecule has 5 heteroatoms. The molecule has 2 aromatic carbocycles. The lowest BCUT2D eigenvalue weighted by atomic mass is 10.1. The van der Waals surface area contributed by atoms with Crippen molar-refractivity contribution in [2.45, 2.75) is 26.8 Å². The van der Waals surface area contributed by atoms with Gasteiger partial charge in [-0.2, -0.15) is 0 Å². The van der Waals surface area contributed by atoms with Crippen LogP contribution in [0.3, 0.4) is 0 Å². The van der Waals surface area contributed by atoms with Crippen molar-refractivity contribution in [3.8, 4) is 0 Å². The van der Waals surface area contributed by atoms with Gasteiger partial charge >= 0.3 is 5.97 Å². The van der Waals surface area contributed by atoms with Crippen molar-refractivity contribution in [2.24, 2.45) is 0 Å². The average molecular weight is 325 g/mol. The van der Waals surface area contributed by atoms with Crippen LogP contribution in [0.1, 0.15) is 23.1 Å². The fraction of sp³-hybridized carbons (Fsp3) is 0.211. The molecule has 0 heterocycles. The van der Waals surface area contributed by atoms with E-state index in [4.69, 9.17) is 5.11 Å². The van der Waals surface area contributed by atoms with E-state index in [0.29, 0.717) is 5.69 Å². The van der Waals surface area contributed by atoms with Gasteiger partial charge in [-0.05, 0) is 42.7 Å². The van der Waals surface area contributed by atoms with Crippen LogP contribution in [-0.4, -0.2) is 22.8 Å². The molecular weight excluding hydrogens is 306 g/mol. The smallest absolute Gasteiger partial charge is 0.372 e. The molecule has 0 aliphatic rings.